The van der Waals surface area contributed by atoms with Crippen LogP contribution in [0.25, 0.3) is 0 Å². The van der Waals surface area contributed by atoms with Gasteiger partial charge in [0.05, 0.1) is 0 Å². The second-order valence-electron chi connectivity index (χ2n) is 7.39. The summed E-state index contributed by atoms with van der Waals surface area (Å²) in [4.78, 5) is 2.67. The van der Waals surface area contributed by atoms with E-state index in [0.717, 1.165) is 6.42 Å². The lowest BCUT2D eigenvalue weighted by atomic mass is 10.1. The fraction of sp³-hybridized carbons (Fsp3) is 0.250. The highest BCUT2D eigenvalue weighted by Gasteiger charge is 2.39. The SMILES string of the molecule is c1ccc(CCN2CC[Si](c3ccccc3)(c3ccccc3)CC2)cc1. The first-order chi connectivity index (χ1) is 12.9. The fourth-order valence-electron chi connectivity index (χ4n) is 4.35. The Labute approximate surface area is 158 Å². The molecule has 0 unspecified atom stereocenters. The number of benzene rings is 3. The van der Waals surface area contributed by atoms with E-state index in [-0.39, 0.29) is 0 Å². The van der Waals surface area contributed by atoms with Crippen molar-refractivity contribution in [3.63, 3.8) is 0 Å². The number of rotatable bonds is 5. The zero-order valence-electron chi connectivity index (χ0n) is 15.4. The van der Waals surface area contributed by atoms with Crippen molar-refractivity contribution in [2.45, 2.75) is 18.5 Å². The molecule has 1 fully saturated rings. The molecule has 1 aliphatic heterocycles. The van der Waals surface area contributed by atoms with Gasteiger partial charge in [-0.15, -0.1) is 0 Å². The lowest BCUT2D eigenvalue weighted by Crippen LogP contribution is -2.63. The van der Waals surface area contributed by atoms with Crippen LogP contribution in [0.2, 0.25) is 12.1 Å². The molecular weight excluding hydrogens is 330 g/mol. The molecule has 0 radical (unpaired) electrons. The normalized spacial score (nSPS) is 17.1. The van der Waals surface area contributed by atoms with Crippen LogP contribution in [0.5, 0.6) is 0 Å². The standard InChI is InChI=1S/C24H27NSi/c1-4-10-22(11-5-1)16-17-25-18-20-26(21-19-25,23-12-6-2-7-13-23)24-14-8-3-9-15-24/h1-15H,16-21H2. The summed E-state index contributed by atoms with van der Waals surface area (Å²) >= 11 is 0. The van der Waals surface area contributed by atoms with E-state index in [4.69, 9.17) is 0 Å². The van der Waals surface area contributed by atoms with Gasteiger partial charge in [0.1, 0.15) is 8.07 Å². The monoisotopic (exact) mass is 357 g/mol. The molecular formula is C24H27NSi. The minimum Gasteiger partial charge on any atom is -0.304 e. The molecule has 4 rings (SSSR count). The van der Waals surface area contributed by atoms with Gasteiger partial charge in [-0.3, -0.25) is 0 Å². The van der Waals surface area contributed by atoms with E-state index in [1.165, 1.54) is 37.3 Å². The summed E-state index contributed by atoms with van der Waals surface area (Å²) in [6.45, 7) is 3.63. The average molecular weight is 358 g/mol. The Balaban J connectivity index is 1.50. The Bertz CT molecular complexity index is 752. The van der Waals surface area contributed by atoms with Crippen molar-refractivity contribution in [1.82, 2.24) is 4.90 Å². The van der Waals surface area contributed by atoms with E-state index in [1.807, 2.05) is 0 Å². The molecule has 0 saturated carbocycles. The number of nitrogens with zero attached hydrogens (tertiary/aromatic N) is 1. The largest absolute Gasteiger partial charge is 0.304 e. The van der Waals surface area contributed by atoms with Gasteiger partial charge in [-0.1, -0.05) is 101 Å². The molecule has 0 aromatic heterocycles. The molecule has 0 N–H and O–H groups in total. The molecule has 132 valence electrons. The van der Waals surface area contributed by atoms with E-state index in [0.29, 0.717) is 0 Å². The predicted octanol–water partition coefficient (Wildman–Crippen LogP) is 3.81. The number of hydrogen-bond donors (Lipinski definition) is 0. The van der Waals surface area contributed by atoms with Gasteiger partial charge in [0, 0.05) is 6.54 Å². The summed E-state index contributed by atoms with van der Waals surface area (Å²) in [5, 5.41) is 3.21. The van der Waals surface area contributed by atoms with Crippen LogP contribution in [0, 0.1) is 0 Å². The van der Waals surface area contributed by atoms with Crippen LogP contribution >= 0.6 is 0 Å². The number of hydrogen-bond acceptors (Lipinski definition) is 1. The molecule has 26 heavy (non-hydrogen) atoms. The Morgan fingerprint density at radius 1 is 0.615 bits per heavy atom. The molecule has 1 aliphatic rings. The molecule has 0 amide bonds. The van der Waals surface area contributed by atoms with Crippen molar-refractivity contribution in [2.24, 2.45) is 0 Å². The van der Waals surface area contributed by atoms with Gasteiger partial charge in [0.25, 0.3) is 0 Å². The topological polar surface area (TPSA) is 3.24 Å². The van der Waals surface area contributed by atoms with Gasteiger partial charge in [0.15, 0.2) is 0 Å². The summed E-state index contributed by atoms with van der Waals surface area (Å²) in [7, 11) is -1.63. The Morgan fingerprint density at radius 3 is 1.58 bits per heavy atom. The molecule has 3 aromatic carbocycles. The predicted molar refractivity (Wildman–Crippen MR) is 114 cm³/mol. The van der Waals surface area contributed by atoms with Crippen molar-refractivity contribution < 1.29 is 0 Å². The molecule has 2 heteroatoms. The summed E-state index contributed by atoms with van der Waals surface area (Å²) in [5.74, 6) is 0. The van der Waals surface area contributed by atoms with Gasteiger partial charge < -0.3 is 4.90 Å². The van der Waals surface area contributed by atoms with Crippen molar-refractivity contribution in [3.05, 3.63) is 96.6 Å². The van der Waals surface area contributed by atoms with E-state index in [2.05, 4.69) is 95.9 Å². The molecule has 0 bridgehead atoms. The Morgan fingerprint density at radius 2 is 1.08 bits per heavy atom. The third-order valence-corrected chi connectivity index (χ3v) is 11.0. The van der Waals surface area contributed by atoms with Gasteiger partial charge in [-0.25, -0.2) is 0 Å². The van der Waals surface area contributed by atoms with E-state index in [1.54, 1.807) is 10.4 Å². The maximum Gasteiger partial charge on any atom is 0.120 e. The van der Waals surface area contributed by atoms with Crippen LogP contribution in [0.15, 0.2) is 91.0 Å². The molecule has 3 aromatic rings. The van der Waals surface area contributed by atoms with E-state index < -0.39 is 8.07 Å². The van der Waals surface area contributed by atoms with Crippen LogP contribution in [0.3, 0.4) is 0 Å². The fourth-order valence-corrected chi connectivity index (χ4v) is 9.14. The Kier molecular flexibility index (Phi) is 5.33. The zero-order chi connectivity index (χ0) is 17.7. The maximum atomic E-state index is 2.67. The van der Waals surface area contributed by atoms with Crippen LogP contribution < -0.4 is 10.4 Å². The summed E-state index contributed by atoms with van der Waals surface area (Å²) < 4.78 is 0. The maximum absolute atomic E-state index is 2.67. The minimum atomic E-state index is -1.63. The van der Waals surface area contributed by atoms with Crippen LogP contribution in [-0.4, -0.2) is 32.6 Å². The van der Waals surface area contributed by atoms with Gasteiger partial charge in [0.2, 0.25) is 0 Å². The van der Waals surface area contributed by atoms with Crippen molar-refractivity contribution in [2.75, 3.05) is 19.6 Å². The van der Waals surface area contributed by atoms with Gasteiger partial charge >= 0.3 is 0 Å². The molecule has 0 aliphatic carbocycles. The first-order valence-electron chi connectivity index (χ1n) is 9.74. The van der Waals surface area contributed by atoms with E-state index in [9.17, 15) is 0 Å². The summed E-state index contributed by atoms with van der Waals surface area (Å²) in [5.41, 5.74) is 1.45. The summed E-state index contributed by atoms with van der Waals surface area (Å²) in [6, 6.07) is 36.2. The second kappa shape index (κ2) is 8.03. The first-order valence-corrected chi connectivity index (χ1v) is 12.2. The Hall–Kier alpha value is -2.16. The van der Waals surface area contributed by atoms with Crippen molar-refractivity contribution >= 4 is 18.4 Å². The third kappa shape index (κ3) is 3.67. The molecule has 1 saturated heterocycles. The van der Waals surface area contributed by atoms with Crippen LogP contribution in [0.1, 0.15) is 5.56 Å². The molecule has 1 heterocycles. The highest BCUT2D eigenvalue weighted by Crippen LogP contribution is 2.23. The summed E-state index contributed by atoms with van der Waals surface area (Å²) in [6.07, 6.45) is 1.16. The van der Waals surface area contributed by atoms with Crippen molar-refractivity contribution in [1.29, 1.82) is 0 Å². The minimum absolute atomic E-state index is 1.16. The quantitative estimate of drug-likeness (QED) is 0.628. The average Bonchev–Trinajstić information content (AvgIpc) is 2.75. The smallest absolute Gasteiger partial charge is 0.120 e. The van der Waals surface area contributed by atoms with Crippen molar-refractivity contribution in [3.8, 4) is 0 Å². The van der Waals surface area contributed by atoms with E-state index >= 15 is 0 Å². The highest BCUT2D eigenvalue weighted by molar-refractivity contribution is 7.02. The lowest BCUT2D eigenvalue weighted by molar-refractivity contribution is 0.295. The first kappa shape index (κ1) is 17.3. The third-order valence-electron chi connectivity index (χ3n) is 5.92. The highest BCUT2D eigenvalue weighted by atomic mass is 28.3. The molecule has 0 atom stereocenters. The van der Waals surface area contributed by atoms with Gasteiger partial charge in [-0.05, 0) is 37.2 Å². The van der Waals surface area contributed by atoms with Gasteiger partial charge in [-0.2, -0.15) is 0 Å². The van der Waals surface area contributed by atoms with Crippen LogP contribution in [0.4, 0.5) is 0 Å². The zero-order valence-corrected chi connectivity index (χ0v) is 16.4. The molecule has 1 nitrogen and oxygen atoms in total. The van der Waals surface area contributed by atoms with Crippen LogP contribution in [-0.2, 0) is 6.42 Å². The lowest BCUT2D eigenvalue weighted by Gasteiger charge is -2.41. The second-order valence-corrected chi connectivity index (χ2v) is 11.7. The molecule has 0 spiro atoms.